The van der Waals surface area contributed by atoms with Crippen molar-refractivity contribution in [2.24, 2.45) is 5.92 Å². The van der Waals surface area contributed by atoms with Gasteiger partial charge in [0.05, 0.1) is 6.33 Å². The molecule has 1 unspecified atom stereocenters. The zero-order chi connectivity index (χ0) is 21.9. The van der Waals surface area contributed by atoms with Crippen LogP contribution in [-0.2, 0) is 11.2 Å². The fourth-order valence-corrected chi connectivity index (χ4v) is 6.27. The molecule has 170 valence electrons. The molecule has 1 N–H and O–H groups in total. The lowest BCUT2D eigenvalue weighted by molar-refractivity contribution is 0.213. The van der Waals surface area contributed by atoms with E-state index in [0.29, 0.717) is 17.8 Å². The van der Waals surface area contributed by atoms with Crippen LogP contribution < -0.4 is 5.43 Å². The van der Waals surface area contributed by atoms with E-state index in [-0.39, 0.29) is 5.28 Å². The lowest BCUT2D eigenvalue weighted by Gasteiger charge is -2.32. The van der Waals surface area contributed by atoms with Crippen molar-refractivity contribution in [2.45, 2.75) is 55.9 Å². The highest BCUT2D eigenvalue weighted by atomic mass is 35.5. The fraction of sp³-hybridized carbons (Fsp3) is 0.522. The van der Waals surface area contributed by atoms with Gasteiger partial charge in [-0.1, -0.05) is 31.0 Å². The third-order valence-electron chi connectivity index (χ3n) is 6.71. The van der Waals surface area contributed by atoms with Gasteiger partial charge in [-0.3, -0.25) is 0 Å². The molecule has 3 aromatic rings. The van der Waals surface area contributed by atoms with E-state index in [9.17, 15) is 4.55 Å². The minimum absolute atomic E-state index is 0.248. The summed E-state index contributed by atoms with van der Waals surface area (Å²) in [5.41, 5.74) is 5.04. The Morgan fingerprint density at radius 1 is 1.06 bits per heavy atom. The predicted octanol–water partition coefficient (Wildman–Crippen LogP) is 4.83. The molecule has 1 aliphatic heterocycles. The summed E-state index contributed by atoms with van der Waals surface area (Å²) in [5.74, 6) is 2.00. The van der Waals surface area contributed by atoms with Gasteiger partial charge in [0.15, 0.2) is 21.9 Å². The normalized spacial score (nSPS) is 19.6. The molecule has 9 heteroatoms. The van der Waals surface area contributed by atoms with E-state index in [1.54, 1.807) is 0 Å². The van der Waals surface area contributed by atoms with E-state index in [1.807, 2.05) is 36.7 Å². The van der Waals surface area contributed by atoms with E-state index < -0.39 is 11.2 Å². The Hall–Kier alpha value is -1.87. The Labute approximate surface area is 196 Å². The SMILES string of the molecule is [O-][S+](CCC1CCN(Nc2nc(Cl)nc3c2ncn3C2CCCC2)CC1)c1ccccc1. The summed E-state index contributed by atoms with van der Waals surface area (Å²) in [7, 11) is 0. The highest BCUT2D eigenvalue weighted by molar-refractivity contribution is 7.91. The first-order valence-electron chi connectivity index (χ1n) is 11.5. The molecule has 1 aliphatic carbocycles. The molecular weight excluding hydrogens is 444 g/mol. The number of anilines is 1. The van der Waals surface area contributed by atoms with Crippen molar-refractivity contribution in [3.05, 3.63) is 41.9 Å². The summed E-state index contributed by atoms with van der Waals surface area (Å²) < 4.78 is 14.7. The number of rotatable bonds is 7. The Bertz CT molecular complexity index is 1030. The Kier molecular flexibility index (Phi) is 6.83. The minimum atomic E-state index is -0.914. The summed E-state index contributed by atoms with van der Waals surface area (Å²) in [4.78, 5) is 14.5. The molecule has 7 nitrogen and oxygen atoms in total. The van der Waals surface area contributed by atoms with E-state index in [0.717, 1.165) is 54.2 Å². The number of piperidine rings is 1. The summed E-state index contributed by atoms with van der Waals surface area (Å²) in [6.45, 7) is 1.82. The van der Waals surface area contributed by atoms with Crippen molar-refractivity contribution >= 4 is 39.8 Å². The van der Waals surface area contributed by atoms with Gasteiger partial charge in [-0.05, 0) is 72.9 Å². The molecular formula is C23H29ClN6OS. The molecule has 32 heavy (non-hydrogen) atoms. The third kappa shape index (κ3) is 4.88. The molecule has 1 saturated heterocycles. The maximum Gasteiger partial charge on any atom is 0.226 e. The number of nitrogens with one attached hydrogen (secondary N) is 1. The van der Waals surface area contributed by atoms with Gasteiger partial charge in [0.25, 0.3) is 0 Å². The highest BCUT2D eigenvalue weighted by Gasteiger charge is 2.25. The van der Waals surface area contributed by atoms with Crippen LogP contribution in [0.25, 0.3) is 11.2 Å². The maximum atomic E-state index is 12.5. The van der Waals surface area contributed by atoms with Crippen molar-refractivity contribution < 1.29 is 4.55 Å². The van der Waals surface area contributed by atoms with Crippen LogP contribution in [0.2, 0.25) is 5.28 Å². The molecule has 3 heterocycles. The van der Waals surface area contributed by atoms with Gasteiger partial charge in [-0.25, -0.2) is 9.99 Å². The monoisotopic (exact) mass is 472 g/mol. The molecule has 0 spiro atoms. The van der Waals surface area contributed by atoms with Crippen LogP contribution in [0.1, 0.15) is 51.0 Å². The van der Waals surface area contributed by atoms with Crippen molar-refractivity contribution in [1.29, 1.82) is 0 Å². The largest absolute Gasteiger partial charge is 0.611 e. The van der Waals surface area contributed by atoms with Crippen molar-refractivity contribution in [2.75, 3.05) is 24.3 Å². The molecule has 0 amide bonds. The van der Waals surface area contributed by atoms with Gasteiger partial charge in [-0.15, -0.1) is 0 Å². The second-order valence-electron chi connectivity index (χ2n) is 8.80. The van der Waals surface area contributed by atoms with E-state index in [4.69, 9.17) is 11.6 Å². The number of hydrazine groups is 1. The lowest BCUT2D eigenvalue weighted by Crippen LogP contribution is -2.38. The van der Waals surface area contributed by atoms with Crippen LogP contribution in [0.5, 0.6) is 0 Å². The molecule has 1 atom stereocenters. The number of fused-ring (bicyclic) bond motifs is 1. The molecule has 1 saturated carbocycles. The fourth-order valence-electron chi connectivity index (χ4n) is 4.86. The van der Waals surface area contributed by atoms with Crippen LogP contribution in [0, 0.1) is 5.92 Å². The number of benzene rings is 1. The van der Waals surface area contributed by atoms with E-state index in [1.165, 1.54) is 25.7 Å². The maximum absolute atomic E-state index is 12.5. The quantitative estimate of drug-likeness (QED) is 0.391. The zero-order valence-corrected chi connectivity index (χ0v) is 19.7. The van der Waals surface area contributed by atoms with Crippen molar-refractivity contribution in [1.82, 2.24) is 24.5 Å². The number of hydrogen-bond acceptors (Lipinski definition) is 6. The van der Waals surface area contributed by atoms with Crippen LogP contribution in [0.15, 0.2) is 41.6 Å². The van der Waals surface area contributed by atoms with Gasteiger partial charge < -0.3 is 14.5 Å². The van der Waals surface area contributed by atoms with Crippen LogP contribution in [0.4, 0.5) is 5.82 Å². The zero-order valence-electron chi connectivity index (χ0n) is 18.1. The summed E-state index contributed by atoms with van der Waals surface area (Å²) in [6.07, 6.45) is 9.84. The number of nitrogens with zero attached hydrogens (tertiary/aromatic N) is 5. The third-order valence-corrected chi connectivity index (χ3v) is 8.28. The smallest absolute Gasteiger partial charge is 0.226 e. The topological polar surface area (TPSA) is 81.9 Å². The summed E-state index contributed by atoms with van der Waals surface area (Å²) in [5, 5.41) is 2.44. The molecule has 5 rings (SSSR count). The summed E-state index contributed by atoms with van der Waals surface area (Å²) in [6, 6.07) is 10.2. The molecule has 2 aromatic heterocycles. The lowest BCUT2D eigenvalue weighted by atomic mass is 9.95. The second-order valence-corrected chi connectivity index (χ2v) is 10.7. The molecule has 1 aromatic carbocycles. The molecule has 2 aliphatic rings. The van der Waals surface area contributed by atoms with Crippen LogP contribution in [-0.4, -0.2) is 47.9 Å². The highest BCUT2D eigenvalue weighted by Crippen LogP contribution is 2.33. The first kappa shape index (κ1) is 21.9. The number of hydrogen-bond donors (Lipinski definition) is 1. The number of aromatic nitrogens is 4. The standard InChI is InChI=1S/C23H29ClN6OS/c24-23-26-21(20-22(27-23)30(16-25-20)18-6-4-5-7-18)28-29-13-10-17(11-14-29)12-15-32(31)19-8-2-1-3-9-19/h1-3,8-9,16-18H,4-7,10-15H2,(H,26,27,28). The van der Waals surface area contributed by atoms with Gasteiger partial charge in [0, 0.05) is 19.1 Å². The van der Waals surface area contributed by atoms with E-state index >= 15 is 0 Å². The number of imidazole rings is 1. The van der Waals surface area contributed by atoms with E-state index in [2.05, 4.69) is 30.0 Å². The summed E-state index contributed by atoms with van der Waals surface area (Å²) >= 11 is 5.36. The minimum Gasteiger partial charge on any atom is -0.611 e. The molecule has 2 fully saturated rings. The van der Waals surface area contributed by atoms with Crippen LogP contribution >= 0.6 is 11.6 Å². The average molecular weight is 473 g/mol. The van der Waals surface area contributed by atoms with Gasteiger partial charge in [0.1, 0.15) is 5.75 Å². The first-order chi connectivity index (χ1) is 15.7. The van der Waals surface area contributed by atoms with Crippen molar-refractivity contribution in [3.63, 3.8) is 0 Å². The Morgan fingerprint density at radius 2 is 1.81 bits per heavy atom. The average Bonchev–Trinajstić information content (AvgIpc) is 3.49. The van der Waals surface area contributed by atoms with Gasteiger partial charge in [-0.2, -0.15) is 9.97 Å². The second kappa shape index (κ2) is 9.95. The molecule has 0 bridgehead atoms. The first-order valence-corrected chi connectivity index (χ1v) is 13.2. The predicted molar refractivity (Wildman–Crippen MR) is 128 cm³/mol. The number of halogens is 1. The van der Waals surface area contributed by atoms with Crippen LogP contribution in [0.3, 0.4) is 0 Å². The Morgan fingerprint density at radius 3 is 2.56 bits per heavy atom. The van der Waals surface area contributed by atoms with Gasteiger partial charge in [0.2, 0.25) is 5.28 Å². The van der Waals surface area contributed by atoms with Gasteiger partial charge >= 0.3 is 0 Å². The van der Waals surface area contributed by atoms with Crippen molar-refractivity contribution in [3.8, 4) is 0 Å². The molecule has 0 radical (unpaired) electrons. The Balaban J connectivity index is 1.18.